The van der Waals surface area contributed by atoms with Crippen LogP contribution in [0.1, 0.15) is 37.9 Å². The van der Waals surface area contributed by atoms with Gasteiger partial charge in [-0.3, -0.25) is 14.5 Å². The van der Waals surface area contributed by atoms with Crippen LogP contribution in [0.2, 0.25) is 0 Å². The number of aromatic nitrogens is 2. The number of nitrogens with one attached hydrogen (secondary N) is 2. The van der Waals surface area contributed by atoms with Crippen LogP contribution in [0.4, 0.5) is 0 Å². The fraction of sp³-hybridized carbons (Fsp3) is 0.750. The second-order valence-corrected chi connectivity index (χ2v) is 8.36. The predicted molar refractivity (Wildman–Crippen MR) is 103 cm³/mol. The molecule has 0 aromatic carbocycles. The largest absolute Gasteiger partial charge is 0.384 e. The molecule has 3 aliphatic heterocycles. The number of carbonyl (C=O) groups excluding carboxylic acids is 2. The number of methoxy groups -OCH3 is 1. The Kier molecular flexibility index (Phi) is 5.96. The summed E-state index contributed by atoms with van der Waals surface area (Å²) >= 11 is 0. The number of hydrogen-bond acceptors (Lipinski definition) is 5. The number of amides is 2. The molecule has 0 aliphatic carbocycles. The smallest absolute Gasteiger partial charge is 0.223 e. The van der Waals surface area contributed by atoms with E-state index in [0.717, 1.165) is 44.7 Å². The van der Waals surface area contributed by atoms with E-state index in [4.69, 9.17) is 4.74 Å². The fourth-order valence-electron chi connectivity index (χ4n) is 5.36. The number of piperidine rings is 3. The van der Waals surface area contributed by atoms with Crippen molar-refractivity contribution < 1.29 is 14.3 Å². The lowest BCUT2D eigenvalue weighted by Gasteiger charge is -2.56. The Labute approximate surface area is 166 Å². The number of nitrogens with zero attached hydrogens (tertiary/aromatic N) is 3. The van der Waals surface area contributed by atoms with Crippen molar-refractivity contribution >= 4 is 11.8 Å². The van der Waals surface area contributed by atoms with Crippen LogP contribution in [0.5, 0.6) is 0 Å². The molecule has 3 aliphatic rings. The normalized spacial score (nSPS) is 30.2. The van der Waals surface area contributed by atoms with E-state index in [1.807, 2.05) is 6.20 Å². The van der Waals surface area contributed by atoms with Gasteiger partial charge in [-0.2, -0.15) is 0 Å². The summed E-state index contributed by atoms with van der Waals surface area (Å²) in [5.74, 6) is 2.14. The van der Waals surface area contributed by atoms with E-state index in [0.29, 0.717) is 43.9 Å². The summed E-state index contributed by atoms with van der Waals surface area (Å²) in [6, 6.07) is 0.387. The number of rotatable bonds is 7. The summed E-state index contributed by atoms with van der Waals surface area (Å²) < 4.78 is 5.00. The molecule has 0 radical (unpaired) electrons. The number of hydrogen-bond donors (Lipinski definition) is 2. The van der Waals surface area contributed by atoms with Gasteiger partial charge >= 0.3 is 0 Å². The summed E-state index contributed by atoms with van der Waals surface area (Å²) in [7, 11) is 1.60. The Balaban J connectivity index is 1.47. The molecule has 4 heterocycles. The molecule has 0 spiro atoms. The summed E-state index contributed by atoms with van der Waals surface area (Å²) in [6.07, 6.45) is 7.85. The monoisotopic (exact) mass is 389 g/mol. The quantitative estimate of drug-likeness (QED) is 0.719. The first-order valence-corrected chi connectivity index (χ1v) is 10.4. The predicted octanol–water partition coefficient (Wildman–Crippen LogP) is 0.764. The van der Waals surface area contributed by atoms with Crippen molar-refractivity contribution in [3.8, 4) is 0 Å². The second kappa shape index (κ2) is 8.61. The van der Waals surface area contributed by atoms with Gasteiger partial charge in [0, 0.05) is 58.0 Å². The van der Waals surface area contributed by atoms with E-state index in [9.17, 15) is 9.59 Å². The Morgan fingerprint density at radius 2 is 2.25 bits per heavy atom. The Bertz CT molecular complexity index is 679. The first-order chi connectivity index (χ1) is 13.7. The first-order valence-electron chi connectivity index (χ1n) is 10.4. The van der Waals surface area contributed by atoms with Crippen LogP contribution in [0.15, 0.2) is 12.4 Å². The van der Waals surface area contributed by atoms with Crippen molar-refractivity contribution in [1.29, 1.82) is 0 Å². The van der Waals surface area contributed by atoms with Gasteiger partial charge in [-0.15, -0.1) is 0 Å². The second-order valence-electron chi connectivity index (χ2n) is 8.36. The van der Waals surface area contributed by atoms with Crippen molar-refractivity contribution in [2.24, 2.45) is 11.8 Å². The minimum atomic E-state index is -0.00627. The third kappa shape index (κ3) is 4.07. The lowest BCUT2D eigenvalue weighted by Crippen LogP contribution is -2.67. The minimum absolute atomic E-state index is 0.00627. The lowest BCUT2D eigenvalue weighted by molar-refractivity contribution is -0.153. The number of aromatic amines is 1. The van der Waals surface area contributed by atoms with Crippen LogP contribution in [0.25, 0.3) is 0 Å². The first kappa shape index (κ1) is 19.4. The van der Waals surface area contributed by atoms with Crippen molar-refractivity contribution in [1.82, 2.24) is 25.1 Å². The molecule has 154 valence electrons. The van der Waals surface area contributed by atoms with Crippen LogP contribution in [-0.2, 0) is 20.9 Å². The molecule has 0 unspecified atom stereocenters. The van der Waals surface area contributed by atoms with Gasteiger partial charge in [-0.1, -0.05) is 0 Å². The van der Waals surface area contributed by atoms with Gasteiger partial charge < -0.3 is 19.9 Å². The average molecular weight is 390 g/mol. The maximum absolute atomic E-state index is 12.8. The van der Waals surface area contributed by atoms with E-state index in [2.05, 4.69) is 25.1 Å². The molecule has 4 atom stereocenters. The van der Waals surface area contributed by atoms with Gasteiger partial charge in [-0.05, 0) is 31.1 Å². The molecule has 0 saturated carbocycles. The van der Waals surface area contributed by atoms with Crippen molar-refractivity contribution in [3.63, 3.8) is 0 Å². The van der Waals surface area contributed by atoms with Crippen molar-refractivity contribution in [2.75, 3.05) is 33.4 Å². The van der Waals surface area contributed by atoms with E-state index < -0.39 is 0 Å². The number of imidazole rings is 1. The van der Waals surface area contributed by atoms with E-state index >= 15 is 0 Å². The molecule has 28 heavy (non-hydrogen) atoms. The zero-order chi connectivity index (χ0) is 19.5. The van der Waals surface area contributed by atoms with Crippen LogP contribution < -0.4 is 5.32 Å². The Morgan fingerprint density at radius 3 is 3.04 bits per heavy atom. The number of ether oxygens (including phenoxy) is 1. The Hall–Kier alpha value is -1.93. The molecule has 3 saturated heterocycles. The van der Waals surface area contributed by atoms with Gasteiger partial charge in [0.1, 0.15) is 5.82 Å². The van der Waals surface area contributed by atoms with Gasteiger partial charge in [0.05, 0.1) is 19.2 Å². The number of likely N-dealkylation sites (tertiary alicyclic amines) is 1. The highest BCUT2D eigenvalue weighted by molar-refractivity contribution is 5.78. The lowest BCUT2D eigenvalue weighted by atomic mass is 9.72. The zero-order valence-corrected chi connectivity index (χ0v) is 16.6. The van der Waals surface area contributed by atoms with Gasteiger partial charge in [0.25, 0.3) is 0 Å². The third-order valence-corrected chi connectivity index (χ3v) is 6.54. The highest BCUT2D eigenvalue weighted by Crippen LogP contribution is 2.41. The third-order valence-electron chi connectivity index (χ3n) is 6.54. The van der Waals surface area contributed by atoms with Gasteiger partial charge in [-0.25, -0.2) is 4.98 Å². The zero-order valence-electron chi connectivity index (χ0n) is 16.6. The van der Waals surface area contributed by atoms with Crippen LogP contribution in [0.3, 0.4) is 0 Å². The number of carbonyl (C=O) groups is 2. The van der Waals surface area contributed by atoms with Crippen LogP contribution >= 0.6 is 0 Å². The molecule has 8 heteroatoms. The van der Waals surface area contributed by atoms with E-state index in [-0.39, 0.29) is 17.9 Å². The fourth-order valence-corrected chi connectivity index (χ4v) is 5.36. The molecular formula is C20H31N5O3. The highest BCUT2D eigenvalue weighted by atomic mass is 16.5. The topological polar surface area (TPSA) is 90.6 Å². The summed E-state index contributed by atoms with van der Waals surface area (Å²) in [4.78, 5) is 37.1. The maximum Gasteiger partial charge on any atom is 0.223 e. The number of H-pyrrole nitrogens is 1. The molecule has 2 bridgehead atoms. The van der Waals surface area contributed by atoms with Gasteiger partial charge in [0.15, 0.2) is 0 Å². The van der Waals surface area contributed by atoms with Crippen molar-refractivity contribution in [2.45, 2.75) is 50.7 Å². The summed E-state index contributed by atoms with van der Waals surface area (Å²) in [5, 5.41) is 3.05. The molecule has 1 aromatic rings. The van der Waals surface area contributed by atoms with Gasteiger partial charge in [0.2, 0.25) is 11.8 Å². The van der Waals surface area contributed by atoms with E-state index in [1.165, 1.54) is 0 Å². The maximum atomic E-state index is 12.8. The Morgan fingerprint density at radius 1 is 1.39 bits per heavy atom. The molecule has 8 nitrogen and oxygen atoms in total. The summed E-state index contributed by atoms with van der Waals surface area (Å²) in [6.45, 7) is 3.72. The van der Waals surface area contributed by atoms with Crippen LogP contribution in [-0.4, -0.2) is 77.0 Å². The molecule has 2 amide bonds. The molecule has 2 N–H and O–H groups in total. The minimum Gasteiger partial charge on any atom is -0.384 e. The molecule has 3 fully saturated rings. The molecular weight excluding hydrogens is 358 g/mol. The molecule has 1 aromatic heterocycles. The summed E-state index contributed by atoms with van der Waals surface area (Å²) in [5.41, 5.74) is 0. The number of fused-ring (bicyclic) bond motifs is 4. The van der Waals surface area contributed by atoms with E-state index in [1.54, 1.807) is 13.3 Å². The SMILES string of the molecule is COCCC(=O)NC[C@H]1[C@H]2C[C@H](CN(Cc3ncc[nH]3)C2)[C@@H]2CCCC(=O)N21. The molecule has 4 rings (SSSR count). The average Bonchev–Trinajstić information content (AvgIpc) is 3.19. The van der Waals surface area contributed by atoms with Crippen molar-refractivity contribution in [3.05, 3.63) is 18.2 Å². The highest BCUT2D eigenvalue weighted by Gasteiger charge is 2.49. The van der Waals surface area contributed by atoms with Crippen LogP contribution in [0, 0.1) is 11.8 Å². The standard InChI is InChI=1S/C20H31N5O3/c1-28-8-5-19(26)23-10-17-15-9-14(16-3-2-4-20(27)25(16)17)11-24(12-15)13-18-21-6-7-22-18/h6-7,14-17H,2-5,8-13H2,1H3,(H,21,22)(H,23,26)/t14-,15+,16+,17+/m1/s1.